The van der Waals surface area contributed by atoms with Gasteiger partial charge in [-0.3, -0.25) is 10.00 Å². The normalized spacial score (nSPS) is 24.8. The maximum Gasteiger partial charge on any atom is 0.141 e. The summed E-state index contributed by atoms with van der Waals surface area (Å²) in [5.74, 6) is 0.945. The summed E-state index contributed by atoms with van der Waals surface area (Å²) in [6.07, 6.45) is 6.60. The number of hydrogen-bond acceptors (Lipinski definition) is 4. The highest BCUT2D eigenvalue weighted by atomic mass is 16.5. The van der Waals surface area contributed by atoms with Crippen LogP contribution in [0.2, 0.25) is 0 Å². The molecular weight excluding hydrogens is 276 g/mol. The zero-order valence-electron chi connectivity index (χ0n) is 13.0. The lowest BCUT2D eigenvalue weighted by Crippen LogP contribution is -2.25. The van der Waals surface area contributed by atoms with Crippen molar-refractivity contribution in [2.75, 3.05) is 13.7 Å². The van der Waals surface area contributed by atoms with Crippen molar-refractivity contribution >= 4 is 0 Å². The van der Waals surface area contributed by atoms with Crippen molar-refractivity contribution in [3.63, 3.8) is 0 Å². The monoisotopic (exact) mass is 298 g/mol. The maximum atomic E-state index is 5.58. The third-order valence-electron chi connectivity index (χ3n) is 5.00. The highest BCUT2D eigenvalue weighted by Crippen LogP contribution is 2.33. The third kappa shape index (κ3) is 2.55. The minimum absolute atomic E-state index is 0.265. The predicted molar refractivity (Wildman–Crippen MR) is 83.4 cm³/mol. The number of ether oxygens (including phenoxy) is 1. The Hall–Kier alpha value is -1.72. The molecule has 1 aliphatic carbocycles. The van der Waals surface area contributed by atoms with Gasteiger partial charge in [-0.1, -0.05) is 18.2 Å². The van der Waals surface area contributed by atoms with Gasteiger partial charge >= 0.3 is 0 Å². The smallest absolute Gasteiger partial charge is 0.141 e. The summed E-state index contributed by atoms with van der Waals surface area (Å²) in [7, 11) is 1.79. The van der Waals surface area contributed by atoms with Gasteiger partial charge in [0.1, 0.15) is 12.2 Å². The number of aromatic amines is 1. The summed E-state index contributed by atoms with van der Waals surface area (Å²) >= 11 is 0. The highest BCUT2D eigenvalue weighted by molar-refractivity contribution is 5.35. The molecule has 1 fully saturated rings. The van der Waals surface area contributed by atoms with Crippen molar-refractivity contribution in [1.29, 1.82) is 0 Å². The van der Waals surface area contributed by atoms with Crippen LogP contribution >= 0.6 is 0 Å². The van der Waals surface area contributed by atoms with Gasteiger partial charge in [-0.15, -0.1) is 0 Å². The Morgan fingerprint density at radius 1 is 1.32 bits per heavy atom. The van der Waals surface area contributed by atoms with Crippen molar-refractivity contribution in [3.05, 3.63) is 47.0 Å². The minimum Gasteiger partial charge on any atom is -0.380 e. The first kappa shape index (κ1) is 13.9. The Labute approximate surface area is 130 Å². The van der Waals surface area contributed by atoms with Crippen molar-refractivity contribution in [2.24, 2.45) is 0 Å². The topological polar surface area (TPSA) is 54.0 Å². The lowest BCUT2D eigenvalue weighted by atomic mass is 10.1. The SMILES string of the molecule is CO[C@@H]1C[C@@H](c2ncn[nH]2)N(Cc2ccc3c(c2)CCC3)C1. The number of methoxy groups -OCH3 is 1. The number of rotatable bonds is 4. The van der Waals surface area contributed by atoms with Gasteiger partial charge in [0.05, 0.1) is 12.1 Å². The van der Waals surface area contributed by atoms with E-state index in [1.54, 1.807) is 13.4 Å². The van der Waals surface area contributed by atoms with E-state index in [1.165, 1.54) is 36.0 Å². The van der Waals surface area contributed by atoms with Crippen molar-refractivity contribution in [2.45, 2.75) is 44.4 Å². The number of nitrogens with one attached hydrogen (secondary N) is 1. The molecule has 1 aliphatic heterocycles. The van der Waals surface area contributed by atoms with Gasteiger partial charge in [0, 0.05) is 20.2 Å². The van der Waals surface area contributed by atoms with E-state index in [4.69, 9.17) is 4.74 Å². The maximum absolute atomic E-state index is 5.58. The Morgan fingerprint density at radius 2 is 2.23 bits per heavy atom. The summed E-state index contributed by atoms with van der Waals surface area (Å²) in [5.41, 5.74) is 4.46. The van der Waals surface area contributed by atoms with E-state index in [9.17, 15) is 0 Å². The number of H-pyrrole nitrogens is 1. The molecule has 2 aromatic rings. The van der Waals surface area contributed by atoms with Gasteiger partial charge in [0.15, 0.2) is 0 Å². The summed E-state index contributed by atoms with van der Waals surface area (Å²) in [6, 6.07) is 7.24. The van der Waals surface area contributed by atoms with Crippen LogP contribution in [0.1, 0.15) is 41.4 Å². The molecule has 0 unspecified atom stereocenters. The Balaban J connectivity index is 1.55. The molecule has 116 valence electrons. The second-order valence-electron chi connectivity index (χ2n) is 6.37. The molecule has 0 amide bonds. The van der Waals surface area contributed by atoms with Crippen LogP contribution in [0.4, 0.5) is 0 Å². The third-order valence-corrected chi connectivity index (χ3v) is 5.00. The zero-order chi connectivity index (χ0) is 14.9. The summed E-state index contributed by atoms with van der Waals surface area (Å²) in [4.78, 5) is 6.80. The first-order chi connectivity index (χ1) is 10.8. The van der Waals surface area contributed by atoms with Crippen LogP contribution in [-0.4, -0.2) is 39.8 Å². The molecule has 0 radical (unpaired) electrons. The molecule has 1 N–H and O–H groups in total. The minimum atomic E-state index is 0.265. The number of hydrogen-bond donors (Lipinski definition) is 1. The number of aryl methyl sites for hydroxylation is 2. The van der Waals surface area contributed by atoms with Gasteiger partial charge in [0.2, 0.25) is 0 Å². The molecule has 2 atom stereocenters. The number of fused-ring (bicyclic) bond motifs is 1. The molecule has 1 saturated heterocycles. The second kappa shape index (κ2) is 5.82. The summed E-state index contributed by atoms with van der Waals surface area (Å²) in [6.45, 7) is 1.89. The van der Waals surface area contributed by atoms with E-state index in [0.717, 1.165) is 25.3 Å². The number of likely N-dealkylation sites (tertiary alicyclic amines) is 1. The van der Waals surface area contributed by atoms with E-state index in [2.05, 4.69) is 38.3 Å². The van der Waals surface area contributed by atoms with E-state index in [-0.39, 0.29) is 12.1 Å². The van der Waals surface area contributed by atoms with E-state index < -0.39 is 0 Å². The predicted octanol–water partition coefficient (Wildman–Crippen LogP) is 2.26. The number of aromatic nitrogens is 3. The van der Waals surface area contributed by atoms with Gasteiger partial charge in [-0.25, -0.2) is 4.98 Å². The molecule has 5 nitrogen and oxygen atoms in total. The lowest BCUT2D eigenvalue weighted by molar-refractivity contribution is 0.107. The van der Waals surface area contributed by atoms with Gasteiger partial charge in [-0.2, -0.15) is 5.10 Å². The molecule has 1 aromatic heterocycles. The molecule has 0 saturated carbocycles. The number of nitrogens with zero attached hydrogens (tertiary/aromatic N) is 3. The first-order valence-electron chi connectivity index (χ1n) is 8.06. The fourth-order valence-electron chi connectivity index (χ4n) is 3.83. The molecule has 1 aromatic carbocycles. The molecule has 2 aliphatic rings. The van der Waals surface area contributed by atoms with Crippen molar-refractivity contribution in [3.8, 4) is 0 Å². The molecular formula is C17H22N4O. The summed E-state index contributed by atoms with van der Waals surface area (Å²) in [5, 5.41) is 7.03. The molecule has 5 heteroatoms. The van der Waals surface area contributed by atoms with E-state index in [1.807, 2.05) is 0 Å². The van der Waals surface area contributed by atoms with Crippen molar-refractivity contribution < 1.29 is 4.74 Å². The fourth-order valence-corrected chi connectivity index (χ4v) is 3.83. The van der Waals surface area contributed by atoms with Crippen molar-refractivity contribution in [1.82, 2.24) is 20.1 Å². The lowest BCUT2D eigenvalue weighted by Gasteiger charge is -2.22. The van der Waals surface area contributed by atoms with Crippen LogP contribution in [0, 0.1) is 0 Å². The van der Waals surface area contributed by atoms with Crippen LogP contribution in [0.25, 0.3) is 0 Å². The Bertz CT molecular complexity index is 640. The standard InChI is InChI=1S/C17H22N4O/c1-22-15-8-16(17-18-11-19-20-17)21(10-15)9-12-5-6-13-3-2-4-14(13)7-12/h5-7,11,15-16H,2-4,8-10H2,1H3,(H,18,19,20)/t15-,16+/m1/s1. The van der Waals surface area contributed by atoms with Crippen LogP contribution < -0.4 is 0 Å². The number of benzene rings is 1. The first-order valence-corrected chi connectivity index (χ1v) is 8.06. The molecule has 22 heavy (non-hydrogen) atoms. The van der Waals surface area contributed by atoms with Gasteiger partial charge in [0.25, 0.3) is 0 Å². The Morgan fingerprint density at radius 3 is 3.05 bits per heavy atom. The molecule has 0 spiro atoms. The van der Waals surface area contributed by atoms with Gasteiger partial charge < -0.3 is 4.74 Å². The highest BCUT2D eigenvalue weighted by Gasteiger charge is 2.34. The second-order valence-corrected chi connectivity index (χ2v) is 6.37. The molecule has 2 heterocycles. The van der Waals surface area contributed by atoms with Crippen LogP contribution in [0.5, 0.6) is 0 Å². The molecule has 0 bridgehead atoms. The van der Waals surface area contributed by atoms with Gasteiger partial charge in [-0.05, 0) is 42.4 Å². The average Bonchev–Trinajstić information content (AvgIpc) is 3.27. The quantitative estimate of drug-likeness (QED) is 0.940. The van der Waals surface area contributed by atoms with Crippen LogP contribution in [0.3, 0.4) is 0 Å². The summed E-state index contributed by atoms with van der Waals surface area (Å²) < 4.78 is 5.58. The zero-order valence-corrected chi connectivity index (χ0v) is 13.0. The average molecular weight is 298 g/mol. The largest absolute Gasteiger partial charge is 0.380 e. The van der Waals surface area contributed by atoms with Crippen LogP contribution in [0.15, 0.2) is 24.5 Å². The Kier molecular flexibility index (Phi) is 3.68. The van der Waals surface area contributed by atoms with E-state index in [0.29, 0.717) is 0 Å². The van der Waals surface area contributed by atoms with E-state index >= 15 is 0 Å². The molecule has 4 rings (SSSR count). The van der Waals surface area contributed by atoms with Crippen LogP contribution in [-0.2, 0) is 24.1 Å². The fraction of sp³-hybridized carbons (Fsp3) is 0.529.